The highest BCUT2D eigenvalue weighted by atomic mass is 16.5. The van der Waals surface area contributed by atoms with Gasteiger partial charge in [-0.2, -0.15) is 0 Å². The lowest BCUT2D eigenvalue weighted by Gasteiger charge is -2.13. The van der Waals surface area contributed by atoms with E-state index >= 15 is 0 Å². The third kappa shape index (κ3) is 0.753. The Labute approximate surface area is 59.9 Å². The lowest BCUT2D eigenvalue weighted by molar-refractivity contribution is -0.117. The molecule has 2 rings (SSSR count). The van der Waals surface area contributed by atoms with E-state index < -0.39 is 0 Å². The molecule has 10 heavy (non-hydrogen) atoms. The Kier molecular flexibility index (Phi) is 1.26. The second kappa shape index (κ2) is 2.11. The summed E-state index contributed by atoms with van der Waals surface area (Å²) in [6.45, 7) is 0.609. The Morgan fingerprint density at radius 1 is 1.20 bits per heavy atom. The molecular formula is C8H10O2. The van der Waals surface area contributed by atoms with E-state index in [4.69, 9.17) is 4.74 Å². The molecule has 0 atom stereocenters. The summed E-state index contributed by atoms with van der Waals surface area (Å²) in [6.07, 6.45) is 3.64. The number of rotatable bonds is 0. The van der Waals surface area contributed by atoms with Gasteiger partial charge in [0.1, 0.15) is 5.76 Å². The van der Waals surface area contributed by atoms with Crippen LogP contribution in [0.2, 0.25) is 0 Å². The number of carbonyl (C=O) groups excluding carboxylic acids is 1. The van der Waals surface area contributed by atoms with E-state index in [0.717, 1.165) is 30.6 Å². The van der Waals surface area contributed by atoms with Crippen molar-refractivity contribution in [1.82, 2.24) is 0 Å². The Balaban J connectivity index is 2.31. The maximum atomic E-state index is 11.1. The fourth-order valence-corrected chi connectivity index (χ4v) is 1.59. The van der Waals surface area contributed by atoms with Crippen LogP contribution in [0.25, 0.3) is 0 Å². The van der Waals surface area contributed by atoms with Crippen LogP contribution < -0.4 is 0 Å². The quantitative estimate of drug-likeness (QED) is 0.506. The third-order valence-electron chi connectivity index (χ3n) is 2.11. The van der Waals surface area contributed by atoms with Gasteiger partial charge < -0.3 is 4.74 Å². The predicted molar refractivity (Wildman–Crippen MR) is 36.5 cm³/mol. The molecule has 0 spiro atoms. The van der Waals surface area contributed by atoms with Crippen LogP contribution in [0.5, 0.6) is 0 Å². The largest absolute Gasteiger partial charge is 0.497 e. The lowest BCUT2D eigenvalue weighted by Crippen LogP contribution is -2.13. The number of allylic oxidation sites excluding steroid dienone is 2. The first-order valence-corrected chi connectivity index (χ1v) is 3.76. The zero-order chi connectivity index (χ0) is 6.97. The minimum absolute atomic E-state index is 0.318. The van der Waals surface area contributed by atoms with Gasteiger partial charge in [-0.3, -0.25) is 4.79 Å². The number of ketones is 1. The molecule has 1 aliphatic carbocycles. The molecule has 0 aromatic carbocycles. The van der Waals surface area contributed by atoms with Gasteiger partial charge in [-0.1, -0.05) is 0 Å². The summed E-state index contributed by atoms with van der Waals surface area (Å²) in [7, 11) is 0. The maximum absolute atomic E-state index is 11.1. The molecule has 2 aliphatic rings. The molecule has 0 aromatic rings. The topological polar surface area (TPSA) is 26.3 Å². The molecular weight excluding hydrogens is 128 g/mol. The molecule has 1 heterocycles. The number of Topliss-reactive ketones (excluding diaryl/α,β-unsaturated/α-hetero) is 1. The van der Waals surface area contributed by atoms with Crippen molar-refractivity contribution in [2.45, 2.75) is 25.7 Å². The summed E-state index contributed by atoms with van der Waals surface area (Å²) in [5, 5.41) is 0. The number of ether oxygens (including phenoxy) is 1. The molecule has 0 bridgehead atoms. The molecule has 0 aromatic heterocycles. The highest BCUT2D eigenvalue weighted by molar-refractivity contribution is 5.96. The second-order valence-electron chi connectivity index (χ2n) is 2.78. The van der Waals surface area contributed by atoms with Crippen molar-refractivity contribution in [3.63, 3.8) is 0 Å². The standard InChI is InChI=1S/C8H10O2/c9-7-4-5-10-8-3-1-2-6(7)8/h1-5H2. The molecule has 0 N–H and O–H groups in total. The fourth-order valence-electron chi connectivity index (χ4n) is 1.59. The molecule has 0 radical (unpaired) electrons. The summed E-state index contributed by atoms with van der Waals surface area (Å²) in [6, 6.07) is 0. The van der Waals surface area contributed by atoms with Crippen molar-refractivity contribution in [2.75, 3.05) is 6.61 Å². The summed E-state index contributed by atoms with van der Waals surface area (Å²) in [5.41, 5.74) is 0.978. The maximum Gasteiger partial charge on any atom is 0.165 e. The summed E-state index contributed by atoms with van der Waals surface area (Å²) < 4.78 is 5.33. The molecule has 1 aliphatic heterocycles. The number of hydrogen-bond donors (Lipinski definition) is 0. The van der Waals surface area contributed by atoms with Crippen LogP contribution in [0, 0.1) is 0 Å². The summed E-state index contributed by atoms with van der Waals surface area (Å²) in [4.78, 5) is 11.1. The average molecular weight is 138 g/mol. The Hall–Kier alpha value is -0.790. The highest BCUT2D eigenvalue weighted by Crippen LogP contribution is 2.30. The van der Waals surface area contributed by atoms with Gasteiger partial charge in [-0.15, -0.1) is 0 Å². The fraction of sp³-hybridized carbons (Fsp3) is 0.625. The van der Waals surface area contributed by atoms with Gasteiger partial charge in [0.05, 0.1) is 6.61 Å². The van der Waals surface area contributed by atoms with Crippen LogP contribution in [-0.2, 0) is 9.53 Å². The van der Waals surface area contributed by atoms with Gasteiger partial charge in [-0.25, -0.2) is 0 Å². The first kappa shape index (κ1) is 5.96. The Morgan fingerprint density at radius 3 is 2.90 bits per heavy atom. The molecule has 0 fully saturated rings. The third-order valence-corrected chi connectivity index (χ3v) is 2.11. The van der Waals surface area contributed by atoms with Crippen LogP contribution in [0.4, 0.5) is 0 Å². The van der Waals surface area contributed by atoms with E-state index in [0.29, 0.717) is 18.8 Å². The normalized spacial score (nSPS) is 24.6. The first-order chi connectivity index (χ1) is 4.88. The molecule has 0 amide bonds. The van der Waals surface area contributed by atoms with Crippen molar-refractivity contribution in [3.05, 3.63) is 11.3 Å². The van der Waals surface area contributed by atoms with Gasteiger partial charge in [0, 0.05) is 18.4 Å². The van der Waals surface area contributed by atoms with E-state index in [1.165, 1.54) is 0 Å². The average Bonchev–Trinajstić information content (AvgIpc) is 2.36. The lowest BCUT2D eigenvalue weighted by atomic mass is 10.1. The van der Waals surface area contributed by atoms with Crippen molar-refractivity contribution in [1.29, 1.82) is 0 Å². The van der Waals surface area contributed by atoms with Crippen molar-refractivity contribution >= 4 is 5.78 Å². The molecule has 54 valence electrons. The SMILES string of the molecule is O=C1CCOC2=C1CCC2. The molecule has 2 heteroatoms. The van der Waals surface area contributed by atoms with Gasteiger partial charge in [0.25, 0.3) is 0 Å². The van der Waals surface area contributed by atoms with E-state index in [-0.39, 0.29) is 0 Å². The minimum Gasteiger partial charge on any atom is -0.497 e. The number of carbonyl (C=O) groups is 1. The van der Waals surface area contributed by atoms with E-state index in [1.807, 2.05) is 0 Å². The predicted octanol–water partition coefficient (Wildman–Crippen LogP) is 1.41. The molecule has 2 nitrogen and oxygen atoms in total. The number of hydrogen-bond acceptors (Lipinski definition) is 2. The first-order valence-electron chi connectivity index (χ1n) is 3.76. The summed E-state index contributed by atoms with van der Waals surface area (Å²) >= 11 is 0. The van der Waals surface area contributed by atoms with Crippen LogP contribution in [0.15, 0.2) is 11.3 Å². The zero-order valence-corrected chi connectivity index (χ0v) is 5.85. The van der Waals surface area contributed by atoms with Crippen LogP contribution in [-0.4, -0.2) is 12.4 Å². The Bertz CT molecular complexity index is 203. The Morgan fingerprint density at radius 2 is 2.10 bits per heavy atom. The smallest absolute Gasteiger partial charge is 0.165 e. The summed E-state index contributed by atoms with van der Waals surface area (Å²) in [5.74, 6) is 1.30. The van der Waals surface area contributed by atoms with E-state index in [9.17, 15) is 4.79 Å². The molecule has 0 unspecified atom stereocenters. The zero-order valence-electron chi connectivity index (χ0n) is 5.85. The highest BCUT2D eigenvalue weighted by Gasteiger charge is 2.25. The van der Waals surface area contributed by atoms with Crippen molar-refractivity contribution in [3.8, 4) is 0 Å². The molecule has 0 saturated heterocycles. The van der Waals surface area contributed by atoms with Gasteiger partial charge >= 0.3 is 0 Å². The minimum atomic E-state index is 0.318. The van der Waals surface area contributed by atoms with E-state index in [1.54, 1.807) is 0 Å². The van der Waals surface area contributed by atoms with Crippen LogP contribution >= 0.6 is 0 Å². The van der Waals surface area contributed by atoms with Crippen molar-refractivity contribution < 1.29 is 9.53 Å². The van der Waals surface area contributed by atoms with Crippen molar-refractivity contribution in [2.24, 2.45) is 0 Å². The van der Waals surface area contributed by atoms with E-state index in [2.05, 4.69) is 0 Å². The second-order valence-corrected chi connectivity index (χ2v) is 2.78. The van der Waals surface area contributed by atoms with Crippen LogP contribution in [0.3, 0.4) is 0 Å². The van der Waals surface area contributed by atoms with Gasteiger partial charge in [0.2, 0.25) is 0 Å². The monoisotopic (exact) mass is 138 g/mol. The van der Waals surface area contributed by atoms with Gasteiger partial charge in [0.15, 0.2) is 5.78 Å². The van der Waals surface area contributed by atoms with Crippen LogP contribution in [0.1, 0.15) is 25.7 Å². The molecule has 0 saturated carbocycles. The van der Waals surface area contributed by atoms with Gasteiger partial charge in [-0.05, 0) is 12.8 Å².